The third-order valence-electron chi connectivity index (χ3n) is 6.83. The van der Waals surface area contributed by atoms with Crippen molar-refractivity contribution >= 4 is 5.97 Å². The molecule has 2 aromatic carbocycles. The lowest BCUT2D eigenvalue weighted by molar-refractivity contribution is -0.160. The lowest BCUT2D eigenvalue weighted by Crippen LogP contribution is -2.31. The van der Waals surface area contributed by atoms with Gasteiger partial charge >= 0.3 is 5.97 Å². The molecule has 0 unspecified atom stereocenters. The molecule has 0 aliphatic carbocycles. The van der Waals surface area contributed by atoms with Gasteiger partial charge < -0.3 is 19.9 Å². The third kappa shape index (κ3) is 4.26. The molecular weight excluding hydrogens is 421 g/mol. The lowest BCUT2D eigenvalue weighted by Gasteiger charge is -2.33. The number of hydrogen-bond donors (Lipinski definition) is 2. The van der Waals surface area contributed by atoms with E-state index in [9.17, 15) is 9.90 Å². The Hall–Kier alpha value is -2.44. The number of nitrogens with one attached hydrogen (secondary N) is 1. The van der Waals surface area contributed by atoms with E-state index in [2.05, 4.69) is 5.32 Å². The van der Waals surface area contributed by atoms with Crippen molar-refractivity contribution in [3.05, 3.63) is 50.8 Å². The van der Waals surface area contributed by atoms with E-state index in [1.165, 1.54) is 17.2 Å². The van der Waals surface area contributed by atoms with Crippen molar-refractivity contribution < 1.29 is 23.8 Å². The number of benzene rings is 2. The SMILES string of the molecule is Cc1c(-c2c(C)c3c(c(C)c2[C@@H](OC(C)(C)C)C(=O)O)CCNC3)cc(F)c2c1CCCO2. The summed E-state index contributed by atoms with van der Waals surface area (Å²) in [4.78, 5) is 12.5. The van der Waals surface area contributed by atoms with E-state index in [1.54, 1.807) is 0 Å². The zero-order valence-electron chi connectivity index (χ0n) is 20.4. The van der Waals surface area contributed by atoms with Gasteiger partial charge in [0, 0.05) is 17.7 Å². The summed E-state index contributed by atoms with van der Waals surface area (Å²) < 4.78 is 27.0. The van der Waals surface area contributed by atoms with Crippen LogP contribution in [0.25, 0.3) is 11.1 Å². The Morgan fingerprint density at radius 2 is 1.85 bits per heavy atom. The molecule has 2 aliphatic rings. The predicted octanol–water partition coefficient (Wildman–Crippen LogP) is 5.33. The largest absolute Gasteiger partial charge is 0.490 e. The molecule has 0 bridgehead atoms. The monoisotopic (exact) mass is 455 g/mol. The fraction of sp³-hybridized carbons (Fsp3) is 0.519. The van der Waals surface area contributed by atoms with Crippen molar-refractivity contribution in [2.24, 2.45) is 0 Å². The first-order valence-electron chi connectivity index (χ1n) is 11.7. The van der Waals surface area contributed by atoms with Crippen LogP contribution in [0.15, 0.2) is 6.07 Å². The highest BCUT2D eigenvalue weighted by atomic mass is 19.1. The van der Waals surface area contributed by atoms with Gasteiger partial charge in [0.1, 0.15) is 0 Å². The van der Waals surface area contributed by atoms with E-state index in [0.717, 1.165) is 59.2 Å². The molecule has 33 heavy (non-hydrogen) atoms. The molecule has 0 radical (unpaired) electrons. The molecule has 0 spiro atoms. The number of fused-ring (bicyclic) bond motifs is 2. The molecular formula is C27H34FNO4. The van der Waals surface area contributed by atoms with Gasteiger partial charge in [-0.05, 0) is 112 Å². The van der Waals surface area contributed by atoms with Crippen LogP contribution in [-0.4, -0.2) is 29.8 Å². The van der Waals surface area contributed by atoms with Crippen LogP contribution in [0.2, 0.25) is 0 Å². The minimum absolute atomic E-state index is 0.332. The quantitative estimate of drug-likeness (QED) is 0.652. The molecule has 1 atom stereocenters. The maximum atomic E-state index is 15.2. The number of carbonyl (C=O) groups is 1. The van der Waals surface area contributed by atoms with Gasteiger partial charge in [-0.3, -0.25) is 0 Å². The highest BCUT2D eigenvalue weighted by molar-refractivity contribution is 5.85. The van der Waals surface area contributed by atoms with Crippen LogP contribution >= 0.6 is 0 Å². The predicted molar refractivity (Wildman–Crippen MR) is 126 cm³/mol. The smallest absolute Gasteiger partial charge is 0.337 e. The Kier molecular flexibility index (Phi) is 6.27. The van der Waals surface area contributed by atoms with Gasteiger partial charge in [0.15, 0.2) is 17.7 Å². The van der Waals surface area contributed by atoms with Crippen LogP contribution in [0.1, 0.15) is 72.2 Å². The van der Waals surface area contributed by atoms with Crippen LogP contribution < -0.4 is 10.1 Å². The zero-order valence-corrected chi connectivity index (χ0v) is 20.4. The second-order valence-corrected chi connectivity index (χ2v) is 10.2. The van der Waals surface area contributed by atoms with Gasteiger partial charge in [0.05, 0.1) is 12.2 Å². The second-order valence-electron chi connectivity index (χ2n) is 10.2. The summed E-state index contributed by atoms with van der Waals surface area (Å²) in [6.07, 6.45) is 1.24. The van der Waals surface area contributed by atoms with Gasteiger partial charge in [-0.15, -0.1) is 0 Å². The maximum Gasteiger partial charge on any atom is 0.337 e. The summed E-state index contributed by atoms with van der Waals surface area (Å²) in [5, 5.41) is 13.7. The first kappa shape index (κ1) is 23.7. The average Bonchev–Trinajstić information content (AvgIpc) is 2.77. The summed E-state index contributed by atoms with van der Waals surface area (Å²) >= 11 is 0. The van der Waals surface area contributed by atoms with Crippen molar-refractivity contribution in [1.29, 1.82) is 0 Å². The van der Waals surface area contributed by atoms with Crippen LogP contribution in [0.5, 0.6) is 5.75 Å². The minimum Gasteiger partial charge on any atom is -0.490 e. The van der Waals surface area contributed by atoms with Gasteiger partial charge in [0.2, 0.25) is 0 Å². The van der Waals surface area contributed by atoms with Crippen molar-refractivity contribution in [2.45, 2.75) is 79.1 Å². The first-order chi connectivity index (χ1) is 15.5. The van der Waals surface area contributed by atoms with Crippen LogP contribution in [0.4, 0.5) is 4.39 Å². The molecule has 5 nitrogen and oxygen atoms in total. The molecule has 6 heteroatoms. The summed E-state index contributed by atoms with van der Waals surface area (Å²) in [6, 6.07) is 1.52. The number of aliphatic carboxylic acids is 1. The Balaban J connectivity index is 2.07. The summed E-state index contributed by atoms with van der Waals surface area (Å²) in [5.41, 5.74) is 7.55. The van der Waals surface area contributed by atoms with Crippen molar-refractivity contribution in [3.63, 3.8) is 0 Å². The average molecular weight is 456 g/mol. The van der Waals surface area contributed by atoms with Crippen LogP contribution in [-0.2, 0) is 28.9 Å². The first-order valence-corrected chi connectivity index (χ1v) is 11.7. The van der Waals surface area contributed by atoms with Gasteiger partial charge in [-0.2, -0.15) is 0 Å². The summed E-state index contributed by atoms with van der Waals surface area (Å²) in [7, 11) is 0. The Morgan fingerprint density at radius 1 is 1.12 bits per heavy atom. The summed E-state index contributed by atoms with van der Waals surface area (Å²) in [5.74, 6) is -1.10. The molecule has 0 aromatic heterocycles. The van der Waals surface area contributed by atoms with E-state index < -0.39 is 23.5 Å². The van der Waals surface area contributed by atoms with E-state index in [0.29, 0.717) is 24.5 Å². The molecule has 0 saturated heterocycles. The third-order valence-corrected chi connectivity index (χ3v) is 6.83. The van der Waals surface area contributed by atoms with E-state index in [-0.39, 0.29) is 0 Å². The lowest BCUT2D eigenvalue weighted by atomic mass is 9.78. The van der Waals surface area contributed by atoms with E-state index in [1.807, 2.05) is 41.5 Å². The van der Waals surface area contributed by atoms with Crippen molar-refractivity contribution in [1.82, 2.24) is 5.32 Å². The molecule has 2 aromatic rings. The van der Waals surface area contributed by atoms with Crippen molar-refractivity contribution in [2.75, 3.05) is 13.2 Å². The second kappa shape index (κ2) is 8.73. The van der Waals surface area contributed by atoms with E-state index >= 15 is 4.39 Å². The zero-order chi connectivity index (χ0) is 24.1. The Bertz CT molecular complexity index is 1120. The maximum absolute atomic E-state index is 15.2. The summed E-state index contributed by atoms with van der Waals surface area (Å²) in [6.45, 7) is 13.6. The van der Waals surface area contributed by atoms with Crippen LogP contribution in [0, 0.1) is 26.6 Å². The Labute approximate surface area is 195 Å². The van der Waals surface area contributed by atoms with Gasteiger partial charge in [-0.25, -0.2) is 9.18 Å². The molecule has 2 heterocycles. The number of rotatable bonds is 4. The molecule has 2 aliphatic heterocycles. The molecule has 0 saturated carbocycles. The van der Waals surface area contributed by atoms with Gasteiger partial charge in [0.25, 0.3) is 0 Å². The van der Waals surface area contributed by atoms with E-state index in [4.69, 9.17) is 9.47 Å². The Morgan fingerprint density at radius 3 is 2.52 bits per heavy atom. The minimum atomic E-state index is -1.16. The number of carboxylic acids is 1. The molecule has 0 fully saturated rings. The van der Waals surface area contributed by atoms with Crippen LogP contribution in [0.3, 0.4) is 0 Å². The number of carboxylic acid groups (broad SMARTS) is 1. The fourth-order valence-corrected chi connectivity index (χ4v) is 5.34. The number of halogens is 1. The number of hydrogen-bond acceptors (Lipinski definition) is 4. The van der Waals surface area contributed by atoms with Gasteiger partial charge in [-0.1, -0.05) is 0 Å². The molecule has 178 valence electrons. The number of ether oxygens (including phenoxy) is 2. The molecule has 2 N–H and O–H groups in total. The molecule has 4 rings (SSSR count). The van der Waals surface area contributed by atoms with Crippen molar-refractivity contribution in [3.8, 4) is 16.9 Å². The standard InChI is InChI=1S/C27H34FNO4/c1-14-18-8-7-11-32-24(18)21(28)12-19(14)22-16(3)20-13-29-10-9-17(20)15(2)23(22)25(26(30)31)33-27(4,5)6/h12,25,29H,7-11,13H2,1-6H3,(H,30,31)/t25-/m1/s1. The topological polar surface area (TPSA) is 67.8 Å². The normalized spacial score (nSPS) is 16.6. The fourth-order valence-electron chi connectivity index (χ4n) is 5.34. The highest BCUT2D eigenvalue weighted by Crippen LogP contribution is 2.45. The highest BCUT2D eigenvalue weighted by Gasteiger charge is 2.35. The molecule has 0 amide bonds.